The van der Waals surface area contributed by atoms with Crippen molar-refractivity contribution in [3.63, 3.8) is 0 Å². The zero-order valence-corrected chi connectivity index (χ0v) is 15.1. The molecule has 5 nitrogen and oxygen atoms in total. The number of hydrogen-bond acceptors (Lipinski definition) is 4. The number of fused-ring (bicyclic) bond motifs is 1. The van der Waals surface area contributed by atoms with E-state index in [9.17, 15) is 9.18 Å². The maximum Gasteiger partial charge on any atom is 0.247 e. The van der Waals surface area contributed by atoms with Crippen LogP contribution in [0.4, 0.5) is 21.6 Å². The van der Waals surface area contributed by atoms with E-state index in [0.717, 1.165) is 0 Å². The molecule has 134 valence electrons. The lowest BCUT2D eigenvalue weighted by Crippen LogP contribution is -2.09. The quantitative estimate of drug-likeness (QED) is 0.510. The molecule has 3 rings (SSSR count). The third-order valence-electron chi connectivity index (χ3n) is 3.66. The molecule has 0 unspecified atom stereocenters. The zero-order valence-electron chi connectivity index (χ0n) is 14.3. The van der Waals surface area contributed by atoms with Crippen LogP contribution in [0.5, 0.6) is 0 Å². The Morgan fingerprint density at radius 3 is 2.81 bits per heavy atom. The van der Waals surface area contributed by atoms with Gasteiger partial charge >= 0.3 is 0 Å². The van der Waals surface area contributed by atoms with E-state index < -0.39 is 5.82 Å². The van der Waals surface area contributed by atoms with Crippen LogP contribution in [-0.2, 0) is 4.79 Å². The smallest absolute Gasteiger partial charge is 0.247 e. The lowest BCUT2D eigenvalue weighted by Gasteiger charge is -2.12. The minimum Gasteiger partial charge on any atom is -0.340 e. The van der Waals surface area contributed by atoms with Gasteiger partial charge < -0.3 is 10.6 Å². The van der Waals surface area contributed by atoms with Gasteiger partial charge in [-0.1, -0.05) is 24.1 Å². The summed E-state index contributed by atoms with van der Waals surface area (Å²) in [4.78, 5) is 20.2. The molecule has 0 bridgehead atoms. The van der Waals surface area contributed by atoms with Crippen LogP contribution in [0.25, 0.3) is 10.9 Å². The Labute approximate surface area is 160 Å². The number of nitrogens with zero attached hydrogens (tertiary/aromatic N) is 2. The van der Waals surface area contributed by atoms with Gasteiger partial charge in [0.05, 0.1) is 21.8 Å². The number of amides is 1. The number of carbonyl (C=O) groups is 1. The second kappa shape index (κ2) is 7.85. The van der Waals surface area contributed by atoms with Gasteiger partial charge in [0.25, 0.3) is 0 Å². The molecule has 27 heavy (non-hydrogen) atoms. The third kappa shape index (κ3) is 4.05. The fraction of sp³-hybridized carbons (Fsp3) is 0.0500. The molecule has 0 radical (unpaired) electrons. The van der Waals surface area contributed by atoms with Crippen LogP contribution in [0.15, 0.2) is 49.3 Å². The van der Waals surface area contributed by atoms with E-state index in [1.165, 1.54) is 24.5 Å². The van der Waals surface area contributed by atoms with Crippen molar-refractivity contribution in [2.75, 3.05) is 10.6 Å². The Kier molecular flexibility index (Phi) is 5.34. The van der Waals surface area contributed by atoms with Gasteiger partial charge in [-0.05, 0) is 43.3 Å². The van der Waals surface area contributed by atoms with Gasteiger partial charge in [-0.3, -0.25) is 4.79 Å². The normalized spacial score (nSPS) is 10.0. The summed E-state index contributed by atoms with van der Waals surface area (Å²) in [6.45, 7) is 5.16. The van der Waals surface area contributed by atoms with Gasteiger partial charge in [-0.2, -0.15) is 0 Å². The van der Waals surface area contributed by atoms with E-state index in [1.54, 1.807) is 25.1 Å². The van der Waals surface area contributed by atoms with Crippen molar-refractivity contribution in [3.8, 4) is 11.8 Å². The van der Waals surface area contributed by atoms with Gasteiger partial charge in [0.2, 0.25) is 5.91 Å². The number of nitrogens with one attached hydrogen (secondary N) is 2. The van der Waals surface area contributed by atoms with Crippen LogP contribution in [-0.4, -0.2) is 15.9 Å². The van der Waals surface area contributed by atoms with Crippen LogP contribution in [0.1, 0.15) is 12.5 Å². The molecule has 0 saturated heterocycles. The van der Waals surface area contributed by atoms with Crippen molar-refractivity contribution < 1.29 is 9.18 Å². The van der Waals surface area contributed by atoms with E-state index in [4.69, 9.17) is 11.6 Å². The average Bonchev–Trinajstić information content (AvgIpc) is 2.66. The van der Waals surface area contributed by atoms with E-state index in [0.29, 0.717) is 33.7 Å². The largest absolute Gasteiger partial charge is 0.340 e. The first-order valence-corrected chi connectivity index (χ1v) is 8.26. The SMILES string of the molecule is C=CC(=O)Nc1cc2c(Nc3ccc(F)c(Cl)c3)ncnc2cc1C#CC. The zero-order chi connectivity index (χ0) is 19.4. The van der Waals surface area contributed by atoms with Gasteiger partial charge in [-0.25, -0.2) is 14.4 Å². The Morgan fingerprint density at radius 2 is 2.11 bits per heavy atom. The number of aromatic nitrogens is 2. The van der Waals surface area contributed by atoms with Gasteiger partial charge in [0.1, 0.15) is 18.0 Å². The summed E-state index contributed by atoms with van der Waals surface area (Å²) in [6, 6.07) is 7.76. The highest BCUT2D eigenvalue weighted by molar-refractivity contribution is 6.31. The molecule has 2 N–H and O–H groups in total. The van der Waals surface area contributed by atoms with Crippen molar-refractivity contribution in [1.82, 2.24) is 9.97 Å². The van der Waals surface area contributed by atoms with Crippen LogP contribution >= 0.6 is 11.6 Å². The molecule has 0 atom stereocenters. The molecule has 1 amide bonds. The minimum atomic E-state index is -0.507. The number of rotatable bonds is 4. The summed E-state index contributed by atoms with van der Waals surface area (Å²) < 4.78 is 13.4. The van der Waals surface area contributed by atoms with Gasteiger partial charge in [-0.15, -0.1) is 5.92 Å². The molecule has 1 aromatic heterocycles. The average molecular weight is 381 g/mol. The fourth-order valence-electron chi connectivity index (χ4n) is 2.44. The van der Waals surface area contributed by atoms with Gasteiger partial charge in [0, 0.05) is 11.1 Å². The second-order valence-corrected chi connectivity index (χ2v) is 5.87. The highest BCUT2D eigenvalue weighted by atomic mass is 35.5. The topological polar surface area (TPSA) is 66.9 Å². The molecule has 0 fully saturated rings. The molecule has 0 aliphatic heterocycles. The Bertz CT molecular complexity index is 1120. The van der Waals surface area contributed by atoms with Crippen LogP contribution < -0.4 is 10.6 Å². The number of hydrogen-bond donors (Lipinski definition) is 2. The Hall–Kier alpha value is -3.43. The molecule has 1 heterocycles. The molecule has 0 spiro atoms. The third-order valence-corrected chi connectivity index (χ3v) is 3.95. The molecule has 0 aliphatic carbocycles. The monoisotopic (exact) mass is 380 g/mol. The van der Waals surface area contributed by atoms with Crippen LogP contribution in [0.2, 0.25) is 5.02 Å². The maximum atomic E-state index is 13.4. The van der Waals surface area contributed by atoms with Crippen molar-refractivity contribution in [1.29, 1.82) is 0 Å². The number of halogens is 2. The summed E-state index contributed by atoms with van der Waals surface area (Å²) in [7, 11) is 0. The fourth-order valence-corrected chi connectivity index (χ4v) is 2.62. The highest BCUT2D eigenvalue weighted by Gasteiger charge is 2.11. The van der Waals surface area contributed by atoms with E-state index in [1.807, 2.05) is 0 Å². The van der Waals surface area contributed by atoms with Crippen LogP contribution in [0.3, 0.4) is 0 Å². The summed E-state index contributed by atoms with van der Waals surface area (Å²) in [5.74, 6) is 5.37. The summed E-state index contributed by atoms with van der Waals surface area (Å²) in [5.41, 5.74) is 2.33. The Morgan fingerprint density at radius 1 is 1.30 bits per heavy atom. The maximum absolute atomic E-state index is 13.4. The highest BCUT2D eigenvalue weighted by Crippen LogP contribution is 2.29. The number of anilines is 3. The summed E-state index contributed by atoms with van der Waals surface area (Å²) >= 11 is 5.83. The molecule has 0 aliphatic rings. The van der Waals surface area contributed by atoms with Crippen LogP contribution in [0, 0.1) is 17.7 Å². The number of benzene rings is 2. The molecule has 2 aromatic carbocycles. The first-order chi connectivity index (χ1) is 13.0. The summed E-state index contributed by atoms with van der Waals surface area (Å²) in [5, 5.41) is 6.47. The summed E-state index contributed by atoms with van der Waals surface area (Å²) in [6.07, 6.45) is 2.58. The van der Waals surface area contributed by atoms with Crippen molar-refractivity contribution in [2.45, 2.75) is 6.92 Å². The lowest BCUT2D eigenvalue weighted by atomic mass is 10.1. The molecule has 3 aromatic rings. The predicted octanol–water partition coefficient (Wildman–Crippen LogP) is 4.66. The number of carbonyl (C=O) groups excluding carboxylic acids is 1. The first-order valence-electron chi connectivity index (χ1n) is 7.89. The standard InChI is InChI=1S/C20H14ClFN4O/c1-3-5-12-8-18-14(10-17(12)26-19(27)4-2)20(24-11-23-18)25-13-6-7-16(22)15(21)9-13/h4,6-11H,2H2,1H3,(H,26,27)(H,23,24,25). The Balaban J connectivity index is 2.11. The van der Waals surface area contributed by atoms with E-state index in [-0.39, 0.29) is 10.9 Å². The van der Waals surface area contributed by atoms with E-state index in [2.05, 4.69) is 39.0 Å². The second-order valence-electron chi connectivity index (χ2n) is 5.46. The van der Waals surface area contributed by atoms with Crippen molar-refractivity contribution >= 4 is 45.6 Å². The molecule has 7 heteroatoms. The van der Waals surface area contributed by atoms with E-state index >= 15 is 0 Å². The lowest BCUT2D eigenvalue weighted by molar-refractivity contribution is -0.111. The molecular weight excluding hydrogens is 367 g/mol. The molecular formula is C20H14ClFN4O. The van der Waals surface area contributed by atoms with Crippen molar-refractivity contribution in [3.05, 3.63) is 65.7 Å². The van der Waals surface area contributed by atoms with Gasteiger partial charge in [0.15, 0.2) is 0 Å². The molecule has 0 saturated carbocycles. The van der Waals surface area contributed by atoms with Crippen molar-refractivity contribution in [2.24, 2.45) is 0 Å². The predicted molar refractivity (Wildman–Crippen MR) is 106 cm³/mol. The first kappa shape index (κ1) is 18.4. The minimum absolute atomic E-state index is 0.00203.